The van der Waals surface area contributed by atoms with Gasteiger partial charge in [0.15, 0.2) is 5.76 Å². The van der Waals surface area contributed by atoms with Gasteiger partial charge in [-0.15, -0.1) is 0 Å². The Morgan fingerprint density at radius 2 is 1.91 bits per heavy atom. The number of hydrogen-bond acceptors (Lipinski definition) is 6. The average Bonchev–Trinajstić information content (AvgIpc) is 3.29. The SMILES string of the molecule is Cc1noc(C)c1S(=O)(=O)N1CCC(C(=O)NCCCn2c(C)nc3ccccc32)CC1. The van der Waals surface area contributed by atoms with Crippen LogP contribution in [0.3, 0.4) is 0 Å². The monoisotopic (exact) mass is 459 g/mol. The van der Waals surface area contributed by atoms with Crippen LogP contribution in [0, 0.1) is 26.7 Å². The minimum atomic E-state index is -3.66. The quantitative estimate of drug-likeness (QED) is 0.544. The summed E-state index contributed by atoms with van der Waals surface area (Å²) in [6.45, 7) is 7.18. The Kier molecular flexibility index (Phi) is 6.34. The highest BCUT2D eigenvalue weighted by molar-refractivity contribution is 7.89. The summed E-state index contributed by atoms with van der Waals surface area (Å²) in [7, 11) is -3.66. The Bertz CT molecular complexity index is 1200. The fourth-order valence-electron chi connectivity index (χ4n) is 4.40. The van der Waals surface area contributed by atoms with E-state index < -0.39 is 10.0 Å². The molecule has 32 heavy (non-hydrogen) atoms. The number of aromatic nitrogens is 3. The Labute approximate surface area is 187 Å². The molecular formula is C22H29N5O4S. The van der Waals surface area contributed by atoms with E-state index in [-0.39, 0.29) is 16.7 Å². The number of aryl methyl sites for hydroxylation is 4. The average molecular weight is 460 g/mol. The topological polar surface area (TPSA) is 110 Å². The van der Waals surface area contributed by atoms with Crippen LogP contribution >= 0.6 is 0 Å². The molecule has 0 bridgehead atoms. The van der Waals surface area contributed by atoms with E-state index in [0.29, 0.717) is 43.9 Å². The number of para-hydroxylation sites is 2. The predicted octanol–water partition coefficient (Wildman–Crippen LogP) is 2.56. The molecule has 4 rings (SSSR count). The van der Waals surface area contributed by atoms with Crippen LogP contribution in [-0.4, -0.2) is 53.0 Å². The molecule has 2 aromatic heterocycles. The third-order valence-electron chi connectivity index (χ3n) is 6.09. The molecule has 0 unspecified atom stereocenters. The fraction of sp³-hybridized carbons (Fsp3) is 0.500. The Morgan fingerprint density at radius 1 is 1.19 bits per heavy atom. The third kappa shape index (κ3) is 4.29. The van der Waals surface area contributed by atoms with Crippen LogP contribution in [0.4, 0.5) is 0 Å². The van der Waals surface area contributed by atoms with Crippen LogP contribution < -0.4 is 5.32 Å². The minimum absolute atomic E-state index is 0.00778. The van der Waals surface area contributed by atoms with E-state index in [9.17, 15) is 13.2 Å². The number of sulfonamides is 1. The number of benzene rings is 1. The highest BCUT2D eigenvalue weighted by atomic mass is 32.2. The summed E-state index contributed by atoms with van der Waals surface area (Å²) >= 11 is 0. The lowest BCUT2D eigenvalue weighted by atomic mass is 9.97. The van der Waals surface area contributed by atoms with Gasteiger partial charge in [-0.3, -0.25) is 4.79 Å². The number of carbonyl (C=O) groups is 1. The highest BCUT2D eigenvalue weighted by Gasteiger charge is 2.35. The van der Waals surface area contributed by atoms with E-state index in [0.717, 1.165) is 29.8 Å². The molecule has 172 valence electrons. The second kappa shape index (κ2) is 9.03. The van der Waals surface area contributed by atoms with Gasteiger partial charge in [0.25, 0.3) is 0 Å². The van der Waals surface area contributed by atoms with Gasteiger partial charge in [-0.25, -0.2) is 13.4 Å². The molecule has 10 heteroatoms. The molecule has 1 saturated heterocycles. The number of piperidine rings is 1. The van der Waals surface area contributed by atoms with Gasteiger partial charge >= 0.3 is 0 Å². The van der Waals surface area contributed by atoms with Gasteiger partial charge in [0.05, 0.1) is 11.0 Å². The first-order chi connectivity index (χ1) is 15.3. The molecule has 1 fully saturated rings. The first-order valence-corrected chi connectivity index (χ1v) is 12.4. The van der Waals surface area contributed by atoms with Crippen molar-refractivity contribution in [3.63, 3.8) is 0 Å². The Balaban J connectivity index is 1.26. The summed E-state index contributed by atoms with van der Waals surface area (Å²) in [5.41, 5.74) is 2.44. The van der Waals surface area contributed by atoms with Crippen LogP contribution in [0.5, 0.6) is 0 Å². The Hall–Kier alpha value is -2.72. The molecule has 9 nitrogen and oxygen atoms in total. The molecule has 1 aliphatic rings. The Morgan fingerprint density at radius 3 is 2.59 bits per heavy atom. The number of nitrogens with zero attached hydrogens (tertiary/aromatic N) is 4. The van der Waals surface area contributed by atoms with Gasteiger partial charge in [0, 0.05) is 32.1 Å². The van der Waals surface area contributed by atoms with Crippen molar-refractivity contribution < 1.29 is 17.7 Å². The van der Waals surface area contributed by atoms with E-state index in [1.807, 2.05) is 25.1 Å². The van der Waals surface area contributed by atoms with Gasteiger partial charge in [-0.1, -0.05) is 17.3 Å². The van der Waals surface area contributed by atoms with Crippen molar-refractivity contribution in [3.05, 3.63) is 41.5 Å². The number of carbonyl (C=O) groups excluding carboxylic acids is 1. The number of rotatable bonds is 7. The molecule has 3 heterocycles. The van der Waals surface area contributed by atoms with Crippen LogP contribution in [0.2, 0.25) is 0 Å². The predicted molar refractivity (Wildman–Crippen MR) is 120 cm³/mol. The van der Waals surface area contributed by atoms with Crippen molar-refractivity contribution in [3.8, 4) is 0 Å². The normalized spacial score (nSPS) is 16.0. The van der Waals surface area contributed by atoms with Crippen LogP contribution in [-0.2, 0) is 21.4 Å². The maximum atomic E-state index is 12.9. The lowest BCUT2D eigenvalue weighted by Crippen LogP contribution is -2.43. The number of imidazole rings is 1. The number of hydrogen-bond donors (Lipinski definition) is 1. The molecule has 1 amide bonds. The highest BCUT2D eigenvalue weighted by Crippen LogP contribution is 2.27. The van der Waals surface area contributed by atoms with Crippen molar-refractivity contribution in [1.82, 2.24) is 24.3 Å². The fourth-order valence-corrected chi connectivity index (χ4v) is 6.16. The summed E-state index contributed by atoms with van der Waals surface area (Å²) in [6.07, 6.45) is 1.80. The maximum Gasteiger partial charge on any atom is 0.248 e. The largest absolute Gasteiger partial charge is 0.360 e. The number of fused-ring (bicyclic) bond motifs is 1. The molecule has 0 atom stereocenters. The molecule has 1 aromatic carbocycles. The molecule has 0 spiro atoms. The summed E-state index contributed by atoms with van der Waals surface area (Å²) in [5.74, 6) is 1.07. The molecule has 0 saturated carbocycles. The second-order valence-corrected chi connectivity index (χ2v) is 10.2. The molecular weight excluding hydrogens is 430 g/mol. The molecule has 1 N–H and O–H groups in total. The lowest BCUT2D eigenvalue weighted by Gasteiger charge is -2.30. The minimum Gasteiger partial charge on any atom is -0.360 e. The first-order valence-electron chi connectivity index (χ1n) is 10.9. The van der Waals surface area contributed by atoms with Crippen LogP contribution in [0.25, 0.3) is 11.0 Å². The van der Waals surface area contributed by atoms with E-state index in [1.165, 1.54) is 4.31 Å². The van der Waals surface area contributed by atoms with E-state index in [1.54, 1.807) is 13.8 Å². The second-order valence-electron chi connectivity index (χ2n) is 8.28. The smallest absolute Gasteiger partial charge is 0.248 e. The van der Waals surface area contributed by atoms with Crippen molar-refractivity contribution >= 4 is 27.0 Å². The van der Waals surface area contributed by atoms with Gasteiger partial charge in [-0.05, 0) is 52.2 Å². The zero-order valence-corrected chi connectivity index (χ0v) is 19.5. The standard InChI is InChI=1S/C22H29N5O4S/c1-15-21(16(2)31-25-15)32(29,30)26-13-9-18(10-14-26)22(28)23-11-6-12-27-17(3)24-19-7-4-5-8-20(19)27/h4-5,7-8,18H,6,9-14H2,1-3H3,(H,23,28). The van der Waals surface area contributed by atoms with Crippen molar-refractivity contribution in [1.29, 1.82) is 0 Å². The number of nitrogens with one attached hydrogen (secondary N) is 1. The molecule has 0 aliphatic carbocycles. The van der Waals surface area contributed by atoms with Crippen LogP contribution in [0.1, 0.15) is 36.5 Å². The summed E-state index contributed by atoms with van der Waals surface area (Å²) in [5, 5.41) is 6.77. The first kappa shape index (κ1) is 22.5. The van der Waals surface area contributed by atoms with Crippen molar-refractivity contribution in [2.24, 2.45) is 5.92 Å². The number of amides is 1. The van der Waals surface area contributed by atoms with E-state index in [4.69, 9.17) is 4.52 Å². The zero-order chi connectivity index (χ0) is 22.9. The van der Waals surface area contributed by atoms with E-state index in [2.05, 4.69) is 26.1 Å². The van der Waals surface area contributed by atoms with Crippen LogP contribution in [0.15, 0.2) is 33.7 Å². The van der Waals surface area contributed by atoms with Gasteiger partial charge < -0.3 is 14.4 Å². The maximum absolute atomic E-state index is 12.9. The molecule has 3 aromatic rings. The zero-order valence-electron chi connectivity index (χ0n) is 18.7. The molecule has 1 aliphatic heterocycles. The van der Waals surface area contributed by atoms with Gasteiger partial charge in [-0.2, -0.15) is 4.31 Å². The van der Waals surface area contributed by atoms with Gasteiger partial charge in [0.2, 0.25) is 15.9 Å². The summed E-state index contributed by atoms with van der Waals surface area (Å²) in [6, 6.07) is 8.03. The molecule has 0 radical (unpaired) electrons. The summed E-state index contributed by atoms with van der Waals surface area (Å²) in [4.78, 5) is 17.3. The summed E-state index contributed by atoms with van der Waals surface area (Å²) < 4.78 is 34.5. The van der Waals surface area contributed by atoms with Crippen molar-refractivity contribution in [2.45, 2.75) is 51.5 Å². The lowest BCUT2D eigenvalue weighted by molar-refractivity contribution is -0.126. The van der Waals surface area contributed by atoms with Crippen molar-refractivity contribution in [2.75, 3.05) is 19.6 Å². The third-order valence-corrected chi connectivity index (χ3v) is 8.24. The van der Waals surface area contributed by atoms with Gasteiger partial charge in [0.1, 0.15) is 16.4 Å². The van der Waals surface area contributed by atoms with E-state index >= 15 is 0 Å².